The summed E-state index contributed by atoms with van der Waals surface area (Å²) < 4.78 is 18.1. The average molecular weight is 239 g/mol. The quantitative estimate of drug-likeness (QED) is 0.854. The first-order valence-electron chi connectivity index (χ1n) is 5.49. The zero-order valence-electron chi connectivity index (χ0n) is 9.30. The Morgan fingerprint density at radius 1 is 1.41 bits per heavy atom. The number of carbonyl (C=O) groups is 1. The van der Waals surface area contributed by atoms with E-state index in [4.69, 9.17) is 9.84 Å². The monoisotopic (exact) mass is 239 g/mol. The zero-order chi connectivity index (χ0) is 12.3. The first-order valence-corrected chi connectivity index (χ1v) is 5.49. The molecule has 0 saturated carbocycles. The van der Waals surface area contributed by atoms with Gasteiger partial charge in [0, 0.05) is 12.3 Å². The van der Waals surface area contributed by atoms with Gasteiger partial charge in [-0.1, -0.05) is 0 Å². The molecule has 1 heterocycles. The summed E-state index contributed by atoms with van der Waals surface area (Å²) in [5.74, 6) is -0.479. The van der Waals surface area contributed by atoms with Crippen molar-refractivity contribution < 1.29 is 19.0 Å². The van der Waals surface area contributed by atoms with E-state index in [1.807, 2.05) is 0 Å². The van der Waals surface area contributed by atoms with Crippen molar-refractivity contribution in [2.75, 3.05) is 24.7 Å². The van der Waals surface area contributed by atoms with Gasteiger partial charge in [0.1, 0.15) is 12.4 Å². The second-order valence-electron chi connectivity index (χ2n) is 3.93. The molecule has 1 aliphatic rings. The standard InChI is InChI=1S/C12H14FNO3/c13-9-1-3-10(4-2-9)14-7-11(5-6-15)17-8-12(14)16/h1-4,11,15H,5-8H2. The lowest BCUT2D eigenvalue weighted by atomic mass is 10.2. The van der Waals surface area contributed by atoms with Gasteiger partial charge in [-0.15, -0.1) is 0 Å². The van der Waals surface area contributed by atoms with Crippen molar-refractivity contribution >= 4 is 11.6 Å². The van der Waals surface area contributed by atoms with Crippen molar-refractivity contribution in [3.05, 3.63) is 30.1 Å². The summed E-state index contributed by atoms with van der Waals surface area (Å²) >= 11 is 0. The number of anilines is 1. The number of nitrogens with zero attached hydrogens (tertiary/aromatic N) is 1. The molecule has 1 N–H and O–H groups in total. The molecule has 1 aliphatic heterocycles. The highest BCUT2D eigenvalue weighted by Gasteiger charge is 2.26. The summed E-state index contributed by atoms with van der Waals surface area (Å²) in [5.41, 5.74) is 0.655. The second kappa shape index (κ2) is 5.25. The first kappa shape index (κ1) is 12.0. The smallest absolute Gasteiger partial charge is 0.253 e. The summed E-state index contributed by atoms with van der Waals surface area (Å²) in [6.45, 7) is 0.420. The van der Waals surface area contributed by atoms with Crippen LogP contribution in [0.25, 0.3) is 0 Å². The van der Waals surface area contributed by atoms with Crippen LogP contribution in [0.2, 0.25) is 0 Å². The maximum Gasteiger partial charge on any atom is 0.253 e. The van der Waals surface area contributed by atoms with Gasteiger partial charge in [-0.25, -0.2) is 4.39 Å². The molecular formula is C12H14FNO3. The number of ether oxygens (including phenoxy) is 1. The fourth-order valence-corrected chi connectivity index (χ4v) is 1.81. The van der Waals surface area contributed by atoms with E-state index in [1.54, 1.807) is 17.0 Å². The van der Waals surface area contributed by atoms with Crippen LogP contribution in [0.4, 0.5) is 10.1 Å². The van der Waals surface area contributed by atoms with Gasteiger partial charge in [0.2, 0.25) is 0 Å². The highest BCUT2D eigenvalue weighted by atomic mass is 19.1. The number of morpholine rings is 1. The van der Waals surface area contributed by atoms with Crippen LogP contribution >= 0.6 is 0 Å². The van der Waals surface area contributed by atoms with E-state index in [1.165, 1.54) is 12.1 Å². The van der Waals surface area contributed by atoms with E-state index < -0.39 is 0 Å². The summed E-state index contributed by atoms with van der Waals surface area (Å²) in [6, 6.07) is 5.77. The molecule has 0 spiro atoms. The molecule has 17 heavy (non-hydrogen) atoms. The van der Waals surface area contributed by atoms with E-state index >= 15 is 0 Å². The molecule has 1 atom stereocenters. The normalized spacial score (nSPS) is 20.7. The Balaban J connectivity index is 2.12. The van der Waals surface area contributed by atoms with Crippen molar-refractivity contribution in [3.63, 3.8) is 0 Å². The van der Waals surface area contributed by atoms with Crippen LogP contribution in [0, 0.1) is 5.82 Å². The maximum atomic E-state index is 12.8. The van der Waals surface area contributed by atoms with Crippen molar-refractivity contribution in [2.24, 2.45) is 0 Å². The summed E-state index contributed by atoms with van der Waals surface area (Å²) in [7, 11) is 0. The molecule has 1 aromatic carbocycles. The number of carbonyl (C=O) groups excluding carboxylic acids is 1. The molecule has 0 aliphatic carbocycles. The molecule has 0 radical (unpaired) electrons. The van der Waals surface area contributed by atoms with Crippen molar-refractivity contribution in [1.82, 2.24) is 0 Å². The predicted octanol–water partition coefficient (Wildman–Crippen LogP) is 0.940. The van der Waals surface area contributed by atoms with Gasteiger partial charge in [0.15, 0.2) is 0 Å². The summed E-state index contributed by atoms with van der Waals surface area (Å²) in [4.78, 5) is 13.2. The molecule has 1 unspecified atom stereocenters. The Kier molecular flexibility index (Phi) is 3.71. The lowest BCUT2D eigenvalue weighted by Gasteiger charge is -2.32. The zero-order valence-corrected chi connectivity index (χ0v) is 9.30. The van der Waals surface area contributed by atoms with Gasteiger partial charge in [-0.3, -0.25) is 4.79 Å². The minimum Gasteiger partial charge on any atom is -0.396 e. The Morgan fingerprint density at radius 2 is 2.12 bits per heavy atom. The molecule has 1 saturated heterocycles. The van der Waals surface area contributed by atoms with E-state index in [0.29, 0.717) is 18.7 Å². The summed E-state index contributed by atoms with van der Waals surface area (Å²) in [5, 5.41) is 8.84. The van der Waals surface area contributed by atoms with Gasteiger partial charge in [0.25, 0.3) is 5.91 Å². The Morgan fingerprint density at radius 3 is 2.76 bits per heavy atom. The summed E-state index contributed by atoms with van der Waals surface area (Å²) in [6.07, 6.45) is 0.327. The van der Waals surface area contributed by atoms with Crippen LogP contribution in [0.15, 0.2) is 24.3 Å². The molecule has 4 nitrogen and oxygen atoms in total. The van der Waals surface area contributed by atoms with Crippen LogP contribution in [0.1, 0.15) is 6.42 Å². The lowest BCUT2D eigenvalue weighted by molar-refractivity contribution is -0.129. The fraction of sp³-hybridized carbons (Fsp3) is 0.417. The van der Waals surface area contributed by atoms with Crippen LogP contribution in [0.3, 0.4) is 0 Å². The lowest BCUT2D eigenvalue weighted by Crippen LogP contribution is -2.47. The molecule has 1 fully saturated rings. The minimum atomic E-state index is -0.332. The SMILES string of the molecule is O=C1COC(CCO)CN1c1ccc(F)cc1. The number of hydrogen-bond acceptors (Lipinski definition) is 3. The van der Waals surface area contributed by atoms with Crippen LogP contribution < -0.4 is 4.90 Å². The van der Waals surface area contributed by atoms with Gasteiger partial charge >= 0.3 is 0 Å². The first-order chi connectivity index (χ1) is 8.20. The minimum absolute atomic E-state index is 0.00203. The second-order valence-corrected chi connectivity index (χ2v) is 3.93. The predicted molar refractivity (Wildman–Crippen MR) is 60.2 cm³/mol. The van der Waals surface area contributed by atoms with Gasteiger partial charge in [-0.2, -0.15) is 0 Å². The fourth-order valence-electron chi connectivity index (χ4n) is 1.81. The van der Waals surface area contributed by atoms with Crippen LogP contribution in [-0.2, 0) is 9.53 Å². The third-order valence-corrected chi connectivity index (χ3v) is 2.72. The van der Waals surface area contributed by atoms with Gasteiger partial charge in [-0.05, 0) is 30.7 Å². The molecule has 1 aromatic rings. The third kappa shape index (κ3) is 2.81. The number of benzene rings is 1. The Bertz CT molecular complexity index is 393. The molecule has 1 amide bonds. The maximum absolute atomic E-state index is 12.8. The largest absolute Gasteiger partial charge is 0.396 e. The number of rotatable bonds is 3. The van der Waals surface area contributed by atoms with E-state index in [0.717, 1.165) is 0 Å². The van der Waals surface area contributed by atoms with Crippen molar-refractivity contribution in [3.8, 4) is 0 Å². The van der Waals surface area contributed by atoms with E-state index in [2.05, 4.69) is 0 Å². The van der Waals surface area contributed by atoms with E-state index in [9.17, 15) is 9.18 Å². The van der Waals surface area contributed by atoms with Crippen LogP contribution in [-0.4, -0.2) is 36.9 Å². The topological polar surface area (TPSA) is 49.8 Å². The number of hydrogen-bond donors (Lipinski definition) is 1. The number of aliphatic hydroxyl groups excluding tert-OH is 1. The van der Waals surface area contributed by atoms with Crippen molar-refractivity contribution in [2.45, 2.75) is 12.5 Å². The number of amides is 1. The van der Waals surface area contributed by atoms with Gasteiger partial charge < -0.3 is 14.7 Å². The Hall–Kier alpha value is -1.46. The molecule has 2 rings (SSSR count). The number of halogens is 1. The third-order valence-electron chi connectivity index (χ3n) is 2.72. The average Bonchev–Trinajstić information content (AvgIpc) is 2.33. The molecule has 92 valence electrons. The molecular weight excluding hydrogens is 225 g/mol. The molecule has 5 heteroatoms. The van der Waals surface area contributed by atoms with E-state index in [-0.39, 0.29) is 31.0 Å². The van der Waals surface area contributed by atoms with Crippen LogP contribution in [0.5, 0.6) is 0 Å². The molecule has 0 bridgehead atoms. The van der Waals surface area contributed by atoms with Crippen molar-refractivity contribution in [1.29, 1.82) is 0 Å². The van der Waals surface area contributed by atoms with Gasteiger partial charge in [0.05, 0.1) is 12.6 Å². The highest BCUT2D eigenvalue weighted by molar-refractivity contribution is 5.94. The highest BCUT2D eigenvalue weighted by Crippen LogP contribution is 2.19. The Labute approximate surface area is 98.6 Å². The number of aliphatic hydroxyl groups is 1. The molecule has 0 aromatic heterocycles.